The van der Waals surface area contributed by atoms with E-state index in [9.17, 15) is 14.0 Å². The van der Waals surface area contributed by atoms with Gasteiger partial charge in [-0.05, 0) is 49.4 Å². The van der Waals surface area contributed by atoms with E-state index in [0.717, 1.165) is 6.07 Å². The number of halogens is 3. The van der Waals surface area contributed by atoms with Gasteiger partial charge in [0.2, 0.25) is 0 Å². The number of fused-ring (bicyclic) bond motifs is 1. The SMILES string of the molecule is CC(OC(=O)C1=Cc2cc(Cl)ccc2OC1)C(=O)Nc1ccc(Cl)cc1F. The Hall–Kier alpha value is -2.57. The van der Waals surface area contributed by atoms with Crippen LogP contribution in [0.2, 0.25) is 10.0 Å². The van der Waals surface area contributed by atoms with E-state index >= 15 is 0 Å². The zero-order valence-electron chi connectivity index (χ0n) is 14.1. The third-order valence-corrected chi connectivity index (χ3v) is 4.26. The first kappa shape index (κ1) is 19.2. The summed E-state index contributed by atoms with van der Waals surface area (Å²) in [6.45, 7) is 1.39. The molecule has 8 heteroatoms. The van der Waals surface area contributed by atoms with Crippen LogP contribution >= 0.6 is 23.2 Å². The first-order valence-electron chi connectivity index (χ1n) is 7.93. The highest BCUT2D eigenvalue weighted by Gasteiger charge is 2.24. The van der Waals surface area contributed by atoms with Crippen molar-refractivity contribution in [3.05, 3.63) is 63.4 Å². The second-order valence-electron chi connectivity index (χ2n) is 5.80. The van der Waals surface area contributed by atoms with Gasteiger partial charge in [0, 0.05) is 15.6 Å². The molecule has 3 rings (SSSR count). The van der Waals surface area contributed by atoms with Crippen LogP contribution in [0.5, 0.6) is 5.75 Å². The molecule has 1 amide bonds. The van der Waals surface area contributed by atoms with Gasteiger partial charge >= 0.3 is 5.97 Å². The van der Waals surface area contributed by atoms with Gasteiger partial charge in [-0.1, -0.05) is 23.2 Å². The van der Waals surface area contributed by atoms with Crippen LogP contribution < -0.4 is 10.1 Å². The van der Waals surface area contributed by atoms with Crippen molar-refractivity contribution < 1.29 is 23.5 Å². The van der Waals surface area contributed by atoms with Crippen molar-refractivity contribution in [2.24, 2.45) is 0 Å². The van der Waals surface area contributed by atoms with Gasteiger partial charge in [-0.15, -0.1) is 0 Å². The molecule has 0 saturated carbocycles. The van der Waals surface area contributed by atoms with E-state index in [0.29, 0.717) is 16.3 Å². The summed E-state index contributed by atoms with van der Waals surface area (Å²) in [4.78, 5) is 24.5. The quantitative estimate of drug-likeness (QED) is 0.756. The molecular weight excluding hydrogens is 396 g/mol. The van der Waals surface area contributed by atoms with Crippen LogP contribution in [0.4, 0.5) is 10.1 Å². The summed E-state index contributed by atoms with van der Waals surface area (Å²) in [5.41, 5.74) is 0.819. The number of rotatable bonds is 4. The Kier molecular flexibility index (Phi) is 5.68. The molecule has 0 spiro atoms. The molecule has 0 radical (unpaired) electrons. The molecule has 0 saturated heterocycles. The van der Waals surface area contributed by atoms with Gasteiger partial charge in [-0.2, -0.15) is 0 Å². The number of nitrogens with one attached hydrogen (secondary N) is 1. The van der Waals surface area contributed by atoms with Crippen molar-refractivity contribution in [1.29, 1.82) is 0 Å². The third-order valence-electron chi connectivity index (χ3n) is 3.79. The van der Waals surface area contributed by atoms with Gasteiger partial charge < -0.3 is 14.8 Å². The van der Waals surface area contributed by atoms with Gasteiger partial charge in [-0.25, -0.2) is 9.18 Å². The monoisotopic (exact) mass is 409 g/mol. The van der Waals surface area contributed by atoms with E-state index in [-0.39, 0.29) is 22.9 Å². The van der Waals surface area contributed by atoms with Crippen molar-refractivity contribution in [3.8, 4) is 5.75 Å². The second-order valence-corrected chi connectivity index (χ2v) is 6.67. The molecule has 5 nitrogen and oxygen atoms in total. The molecule has 2 aromatic carbocycles. The summed E-state index contributed by atoms with van der Waals surface area (Å²) < 4.78 is 24.4. The minimum absolute atomic E-state index is 0.00756. The fourth-order valence-electron chi connectivity index (χ4n) is 2.38. The van der Waals surface area contributed by atoms with Gasteiger partial charge in [0.25, 0.3) is 5.91 Å². The fraction of sp³-hybridized carbons (Fsp3) is 0.158. The van der Waals surface area contributed by atoms with E-state index in [1.807, 2.05) is 0 Å². The van der Waals surface area contributed by atoms with Crippen LogP contribution in [0.1, 0.15) is 12.5 Å². The molecule has 0 aliphatic carbocycles. The first-order chi connectivity index (χ1) is 12.8. The lowest BCUT2D eigenvalue weighted by Gasteiger charge is -2.19. The topological polar surface area (TPSA) is 64.6 Å². The molecule has 1 atom stereocenters. The van der Waals surface area contributed by atoms with Gasteiger partial charge in [-0.3, -0.25) is 4.79 Å². The predicted octanol–water partition coefficient (Wildman–Crippen LogP) is 4.48. The maximum absolute atomic E-state index is 13.8. The number of amides is 1. The molecule has 1 unspecified atom stereocenters. The van der Waals surface area contributed by atoms with Crippen LogP contribution in [0.3, 0.4) is 0 Å². The lowest BCUT2D eigenvalue weighted by Crippen LogP contribution is -2.31. The normalized spacial score (nSPS) is 13.7. The van der Waals surface area contributed by atoms with E-state index in [1.165, 1.54) is 19.1 Å². The van der Waals surface area contributed by atoms with Gasteiger partial charge in [0.05, 0.1) is 11.3 Å². The Morgan fingerprint density at radius 3 is 2.63 bits per heavy atom. The Balaban J connectivity index is 1.66. The zero-order valence-corrected chi connectivity index (χ0v) is 15.6. The van der Waals surface area contributed by atoms with E-state index in [1.54, 1.807) is 24.3 Å². The zero-order chi connectivity index (χ0) is 19.6. The van der Waals surface area contributed by atoms with Crippen molar-refractivity contribution in [2.75, 3.05) is 11.9 Å². The lowest BCUT2D eigenvalue weighted by atomic mass is 10.1. The molecule has 1 heterocycles. The largest absolute Gasteiger partial charge is 0.488 e. The number of esters is 1. The Morgan fingerprint density at radius 1 is 1.19 bits per heavy atom. The smallest absolute Gasteiger partial charge is 0.338 e. The molecule has 0 fully saturated rings. The highest BCUT2D eigenvalue weighted by Crippen LogP contribution is 2.29. The summed E-state index contributed by atoms with van der Waals surface area (Å²) in [5, 5.41) is 3.05. The van der Waals surface area contributed by atoms with Crippen LogP contribution in [0.25, 0.3) is 6.08 Å². The molecule has 1 aliphatic heterocycles. The number of anilines is 1. The Morgan fingerprint density at radius 2 is 1.89 bits per heavy atom. The molecule has 1 aliphatic rings. The average Bonchev–Trinajstić information content (AvgIpc) is 2.63. The number of hydrogen-bond donors (Lipinski definition) is 1. The highest BCUT2D eigenvalue weighted by atomic mass is 35.5. The molecule has 27 heavy (non-hydrogen) atoms. The van der Waals surface area contributed by atoms with Crippen molar-refractivity contribution in [1.82, 2.24) is 0 Å². The van der Waals surface area contributed by atoms with E-state index in [4.69, 9.17) is 32.7 Å². The summed E-state index contributed by atoms with van der Waals surface area (Å²) >= 11 is 11.6. The number of benzene rings is 2. The Bertz CT molecular complexity index is 945. The maximum Gasteiger partial charge on any atom is 0.338 e. The summed E-state index contributed by atoms with van der Waals surface area (Å²) in [6, 6.07) is 8.86. The standard InChI is InChI=1S/C19H14Cl2FNO4/c1-10(18(24)23-16-4-2-14(21)8-15(16)22)27-19(25)12-6-11-7-13(20)3-5-17(11)26-9-12/h2-8,10H,9H2,1H3,(H,23,24). The molecule has 0 bridgehead atoms. The van der Waals surface area contributed by atoms with E-state index in [2.05, 4.69) is 5.32 Å². The van der Waals surface area contributed by atoms with E-state index < -0.39 is 23.8 Å². The first-order valence-corrected chi connectivity index (χ1v) is 8.69. The van der Waals surface area contributed by atoms with Crippen LogP contribution in [0, 0.1) is 5.82 Å². The predicted molar refractivity (Wildman–Crippen MR) is 101 cm³/mol. The molecule has 1 N–H and O–H groups in total. The lowest BCUT2D eigenvalue weighted by molar-refractivity contribution is -0.149. The summed E-state index contributed by atoms with van der Waals surface area (Å²) in [5.74, 6) is -1.48. The molecule has 2 aromatic rings. The van der Waals surface area contributed by atoms with Gasteiger partial charge in [0.15, 0.2) is 6.10 Å². The number of carbonyl (C=O) groups is 2. The fourth-order valence-corrected chi connectivity index (χ4v) is 2.72. The van der Waals surface area contributed by atoms with Crippen molar-refractivity contribution in [2.45, 2.75) is 13.0 Å². The van der Waals surface area contributed by atoms with Crippen LogP contribution in [0.15, 0.2) is 42.0 Å². The summed E-state index contributed by atoms with van der Waals surface area (Å²) in [7, 11) is 0. The third kappa shape index (κ3) is 4.59. The van der Waals surface area contributed by atoms with Crippen LogP contribution in [-0.4, -0.2) is 24.6 Å². The molecular formula is C19H14Cl2FNO4. The van der Waals surface area contributed by atoms with Crippen molar-refractivity contribution >= 4 is 46.8 Å². The molecule has 0 aromatic heterocycles. The van der Waals surface area contributed by atoms with Gasteiger partial charge in [0.1, 0.15) is 18.2 Å². The highest BCUT2D eigenvalue weighted by molar-refractivity contribution is 6.31. The molecule has 140 valence electrons. The maximum atomic E-state index is 13.8. The Labute approximate surface area is 164 Å². The minimum atomic E-state index is -1.14. The summed E-state index contributed by atoms with van der Waals surface area (Å²) in [6.07, 6.45) is 0.450. The van der Waals surface area contributed by atoms with Crippen LogP contribution in [-0.2, 0) is 14.3 Å². The second kappa shape index (κ2) is 7.98. The number of hydrogen-bond acceptors (Lipinski definition) is 4. The average molecular weight is 410 g/mol. The van der Waals surface area contributed by atoms with Crippen molar-refractivity contribution in [3.63, 3.8) is 0 Å². The minimum Gasteiger partial charge on any atom is -0.488 e. The number of carbonyl (C=O) groups excluding carboxylic acids is 2. The number of ether oxygens (including phenoxy) is 2.